The highest BCUT2D eigenvalue weighted by Crippen LogP contribution is 2.61. The Morgan fingerprint density at radius 3 is 2.17 bits per heavy atom. The fourth-order valence-corrected chi connectivity index (χ4v) is 6.59. The maximum absolute atomic E-state index is 12.9. The van der Waals surface area contributed by atoms with Gasteiger partial charge in [-0.05, 0) is 79.9 Å². The van der Waals surface area contributed by atoms with Crippen LogP contribution in [0.5, 0.6) is 5.75 Å². The first-order valence-electron chi connectivity index (χ1n) is 10.8. The topological polar surface area (TPSA) is 49.3 Å². The van der Waals surface area contributed by atoms with E-state index < -0.39 is 0 Å². The van der Waals surface area contributed by atoms with Gasteiger partial charge in [-0.2, -0.15) is 0 Å². The minimum absolute atomic E-state index is 0.172. The fourth-order valence-electron chi connectivity index (χ4n) is 6.59. The predicted octanol–water partition coefficient (Wildman–Crippen LogP) is 5.15. The van der Waals surface area contributed by atoms with E-state index >= 15 is 0 Å². The number of hydrogen-bond donors (Lipinski definition) is 2. The third kappa shape index (κ3) is 2.98. The number of amides is 1. The van der Waals surface area contributed by atoms with E-state index in [1.807, 2.05) is 18.2 Å². The Kier molecular flexibility index (Phi) is 4.56. The summed E-state index contributed by atoms with van der Waals surface area (Å²) in [6, 6.07) is 10.6. The summed E-state index contributed by atoms with van der Waals surface area (Å²) >= 11 is 0. The Labute approximate surface area is 177 Å². The van der Waals surface area contributed by atoms with Crippen molar-refractivity contribution in [3.63, 3.8) is 0 Å². The van der Waals surface area contributed by atoms with E-state index in [1.54, 1.807) is 18.2 Å². The van der Waals surface area contributed by atoms with Crippen LogP contribution in [0.15, 0.2) is 36.4 Å². The van der Waals surface area contributed by atoms with E-state index in [4.69, 9.17) is 12.8 Å². The molecule has 0 spiro atoms. The number of benzene rings is 2. The number of carbonyl (C=O) groups excluding carboxylic acids is 1. The summed E-state index contributed by atoms with van der Waals surface area (Å²) in [5.74, 6) is 8.26. The van der Waals surface area contributed by atoms with Crippen molar-refractivity contribution in [3.8, 4) is 30.4 Å². The lowest BCUT2D eigenvalue weighted by Crippen LogP contribution is -2.44. The number of hydrogen-bond acceptors (Lipinski definition) is 2. The van der Waals surface area contributed by atoms with Crippen LogP contribution >= 0.6 is 0 Å². The summed E-state index contributed by atoms with van der Waals surface area (Å²) in [5.41, 5.74) is 2.78. The summed E-state index contributed by atoms with van der Waals surface area (Å²) in [6.07, 6.45) is 17.9. The van der Waals surface area contributed by atoms with E-state index in [9.17, 15) is 9.90 Å². The normalized spacial score (nSPS) is 28.5. The average molecular weight is 396 g/mol. The van der Waals surface area contributed by atoms with Gasteiger partial charge in [-0.15, -0.1) is 12.8 Å². The first kappa shape index (κ1) is 18.8. The molecule has 0 radical (unpaired) electrons. The monoisotopic (exact) mass is 395 g/mol. The van der Waals surface area contributed by atoms with Gasteiger partial charge in [0.1, 0.15) is 5.75 Å². The third-order valence-electron chi connectivity index (χ3n) is 7.48. The molecule has 0 aromatic heterocycles. The Bertz CT molecular complexity index is 1060. The number of phenolic OH excluding ortho intramolecular Hbond substituents is 1. The third-order valence-corrected chi connectivity index (χ3v) is 7.48. The minimum atomic E-state index is -0.259. The van der Waals surface area contributed by atoms with E-state index in [0.717, 1.165) is 17.4 Å². The lowest BCUT2D eigenvalue weighted by Gasteiger charge is -2.54. The number of terminal acetylenes is 2. The van der Waals surface area contributed by atoms with Crippen LogP contribution in [-0.2, 0) is 0 Å². The molecule has 0 unspecified atom stereocenters. The molecule has 4 fully saturated rings. The van der Waals surface area contributed by atoms with Gasteiger partial charge in [0.15, 0.2) is 0 Å². The molecule has 0 atom stereocenters. The molecule has 2 aromatic rings. The maximum atomic E-state index is 12.9. The molecular weight excluding hydrogens is 370 g/mol. The molecule has 1 amide bonds. The van der Waals surface area contributed by atoms with Crippen molar-refractivity contribution in [2.75, 3.05) is 5.32 Å². The number of rotatable bonds is 3. The van der Waals surface area contributed by atoms with Crippen LogP contribution in [0, 0.1) is 48.4 Å². The highest BCUT2D eigenvalue weighted by atomic mass is 16.3. The number of phenols is 1. The largest absolute Gasteiger partial charge is 0.508 e. The molecule has 4 saturated carbocycles. The van der Waals surface area contributed by atoms with Crippen molar-refractivity contribution in [2.45, 2.75) is 38.0 Å². The van der Waals surface area contributed by atoms with Crippen LogP contribution in [0.25, 0.3) is 0 Å². The summed E-state index contributed by atoms with van der Waals surface area (Å²) < 4.78 is 0. The molecule has 2 aromatic carbocycles. The second-order valence-electron chi connectivity index (χ2n) is 9.17. The second-order valence-corrected chi connectivity index (χ2v) is 9.17. The highest BCUT2D eigenvalue weighted by molar-refractivity contribution is 6.06. The number of aromatic hydroxyl groups is 1. The average Bonchev–Trinajstić information content (AvgIpc) is 2.75. The lowest BCUT2D eigenvalue weighted by molar-refractivity contribution is -0.00353. The zero-order valence-electron chi connectivity index (χ0n) is 16.9. The standard InChI is InChI=1S/C27H25NO2/c1-3-18-15-23(29)25(24-20-11-16-10-17(13-20)14-21(24)12-16)22(4-2)26(18)28-27(30)19-8-6-5-7-9-19/h1-2,5-9,15-17,20-21,24,29H,10-14H2,(H,28,30). The highest BCUT2D eigenvalue weighted by Gasteiger charge is 2.50. The van der Waals surface area contributed by atoms with Crippen LogP contribution < -0.4 is 5.32 Å². The van der Waals surface area contributed by atoms with E-state index in [1.165, 1.54) is 32.1 Å². The van der Waals surface area contributed by atoms with Gasteiger partial charge in [0.05, 0.1) is 16.8 Å². The van der Waals surface area contributed by atoms with E-state index in [2.05, 4.69) is 17.2 Å². The van der Waals surface area contributed by atoms with Gasteiger partial charge in [0.25, 0.3) is 5.91 Å². The number of carbonyl (C=O) groups is 1. The Morgan fingerprint density at radius 2 is 1.60 bits per heavy atom. The fraction of sp³-hybridized carbons (Fsp3) is 0.370. The molecule has 0 saturated heterocycles. The van der Waals surface area contributed by atoms with Crippen LogP contribution in [0.4, 0.5) is 5.69 Å². The molecule has 3 nitrogen and oxygen atoms in total. The van der Waals surface area contributed by atoms with Crippen molar-refractivity contribution in [1.29, 1.82) is 0 Å². The zero-order valence-corrected chi connectivity index (χ0v) is 16.9. The van der Waals surface area contributed by atoms with Gasteiger partial charge in [-0.25, -0.2) is 0 Å². The molecule has 4 bridgehead atoms. The van der Waals surface area contributed by atoms with Crippen LogP contribution in [0.1, 0.15) is 65.1 Å². The molecule has 30 heavy (non-hydrogen) atoms. The first-order valence-corrected chi connectivity index (χ1v) is 10.8. The Morgan fingerprint density at radius 1 is 0.967 bits per heavy atom. The zero-order chi connectivity index (χ0) is 20.8. The summed E-state index contributed by atoms with van der Waals surface area (Å²) in [6.45, 7) is 0. The smallest absolute Gasteiger partial charge is 0.255 e. The molecule has 4 aliphatic carbocycles. The minimum Gasteiger partial charge on any atom is -0.508 e. The van der Waals surface area contributed by atoms with Gasteiger partial charge in [0.2, 0.25) is 0 Å². The van der Waals surface area contributed by atoms with E-state index in [0.29, 0.717) is 34.2 Å². The molecule has 3 heteroatoms. The van der Waals surface area contributed by atoms with Crippen molar-refractivity contribution < 1.29 is 9.90 Å². The molecular formula is C27H25NO2. The lowest BCUT2D eigenvalue weighted by atomic mass is 9.50. The van der Waals surface area contributed by atoms with Crippen LogP contribution in [0.2, 0.25) is 0 Å². The van der Waals surface area contributed by atoms with E-state index in [-0.39, 0.29) is 17.6 Å². The quantitative estimate of drug-likeness (QED) is 0.558. The Hall–Kier alpha value is -3.17. The number of nitrogens with one attached hydrogen (secondary N) is 1. The van der Waals surface area contributed by atoms with Gasteiger partial charge in [0, 0.05) is 11.1 Å². The number of anilines is 1. The predicted molar refractivity (Wildman–Crippen MR) is 118 cm³/mol. The van der Waals surface area contributed by atoms with Crippen molar-refractivity contribution >= 4 is 11.6 Å². The summed E-state index contributed by atoms with van der Waals surface area (Å²) in [5, 5.41) is 13.9. The Balaban J connectivity index is 1.59. The molecule has 150 valence electrons. The van der Waals surface area contributed by atoms with Crippen LogP contribution in [-0.4, -0.2) is 11.0 Å². The van der Waals surface area contributed by atoms with Gasteiger partial charge in [-0.1, -0.05) is 30.0 Å². The van der Waals surface area contributed by atoms with Gasteiger partial charge >= 0.3 is 0 Å². The summed E-state index contributed by atoms with van der Waals surface area (Å²) in [7, 11) is 0. The van der Waals surface area contributed by atoms with Crippen molar-refractivity contribution in [2.24, 2.45) is 23.7 Å². The molecule has 2 N–H and O–H groups in total. The van der Waals surface area contributed by atoms with Crippen LogP contribution in [0.3, 0.4) is 0 Å². The molecule has 0 heterocycles. The van der Waals surface area contributed by atoms with Crippen molar-refractivity contribution in [3.05, 3.63) is 58.7 Å². The SMILES string of the molecule is C#Cc1cc(O)c(C2C3CC4CC(C3)CC2C4)c(C#C)c1NC(=O)c1ccccc1. The first-order chi connectivity index (χ1) is 14.6. The van der Waals surface area contributed by atoms with Crippen molar-refractivity contribution in [1.82, 2.24) is 0 Å². The summed E-state index contributed by atoms with van der Waals surface area (Å²) in [4.78, 5) is 12.9. The maximum Gasteiger partial charge on any atom is 0.255 e. The van der Waals surface area contributed by atoms with Gasteiger partial charge in [-0.3, -0.25) is 4.79 Å². The van der Waals surface area contributed by atoms with Gasteiger partial charge < -0.3 is 10.4 Å². The molecule has 4 aliphatic rings. The molecule has 0 aliphatic heterocycles. The second kappa shape index (κ2) is 7.26. The molecule has 6 rings (SSSR count).